The van der Waals surface area contributed by atoms with Crippen molar-refractivity contribution in [3.8, 4) is 5.69 Å². The first kappa shape index (κ1) is 17.2. The number of aromatic nitrogens is 2. The fraction of sp³-hybridized carbons (Fsp3) is 0.421. The van der Waals surface area contributed by atoms with Crippen LogP contribution in [0.5, 0.6) is 0 Å². The van der Waals surface area contributed by atoms with Crippen molar-refractivity contribution in [1.29, 1.82) is 0 Å². The van der Waals surface area contributed by atoms with Gasteiger partial charge in [-0.1, -0.05) is 25.8 Å². The van der Waals surface area contributed by atoms with Crippen molar-refractivity contribution in [2.75, 3.05) is 5.32 Å². The normalized spacial score (nSPS) is 15.9. The van der Waals surface area contributed by atoms with Crippen molar-refractivity contribution in [1.82, 2.24) is 9.78 Å². The first-order chi connectivity index (χ1) is 12.0. The van der Waals surface area contributed by atoms with Crippen molar-refractivity contribution in [3.05, 3.63) is 41.7 Å². The molecular formula is C19H23N3O3. The van der Waals surface area contributed by atoms with Crippen LogP contribution >= 0.6 is 0 Å². The molecule has 0 aliphatic heterocycles. The van der Waals surface area contributed by atoms with Crippen LogP contribution in [0.15, 0.2) is 30.5 Å². The number of carbonyl (C=O) groups excluding carboxylic acids is 1. The van der Waals surface area contributed by atoms with Crippen LogP contribution in [0.3, 0.4) is 0 Å². The lowest BCUT2D eigenvalue weighted by molar-refractivity contribution is -0.125. The third-order valence-corrected chi connectivity index (χ3v) is 5.31. The van der Waals surface area contributed by atoms with Crippen molar-refractivity contribution in [3.63, 3.8) is 0 Å². The highest BCUT2D eigenvalue weighted by Gasteiger charge is 2.39. The van der Waals surface area contributed by atoms with Gasteiger partial charge in [0.05, 0.1) is 17.6 Å². The molecule has 1 aliphatic rings. The Kier molecular flexibility index (Phi) is 4.61. The number of rotatable bonds is 5. The molecule has 132 valence electrons. The van der Waals surface area contributed by atoms with E-state index in [1.165, 1.54) is 6.20 Å². The van der Waals surface area contributed by atoms with E-state index in [1.54, 1.807) is 11.6 Å². The van der Waals surface area contributed by atoms with E-state index >= 15 is 0 Å². The van der Waals surface area contributed by atoms with E-state index in [1.807, 2.05) is 24.3 Å². The highest BCUT2D eigenvalue weighted by atomic mass is 16.4. The molecule has 1 aromatic heterocycles. The molecule has 6 heteroatoms. The Hall–Kier alpha value is -2.63. The number of amides is 1. The number of carboxylic acids is 1. The monoisotopic (exact) mass is 341 g/mol. The third-order valence-electron chi connectivity index (χ3n) is 5.31. The Morgan fingerprint density at radius 3 is 2.64 bits per heavy atom. The maximum absolute atomic E-state index is 12.8. The quantitative estimate of drug-likeness (QED) is 0.866. The van der Waals surface area contributed by atoms with E-state index in [-0.39, 0.29) is 16.9 Å². The van der Waals surface area contributed by atoms with E-state index in [4.69, 9.17) is 5.11 Å². The van der Waals surface area contributed by atoms with Crippen LogP contribution in [0.4, 0.5) is 5.69 Å². The minimum Gasteiger partial charge on any atom is -0.478 e. The van der Waals surface area contributed by atoms with E-state index in [2.05, 4.69) is 17.3 Å². The molecule has 1 aromatic carbocycles. The number of aromatic carboxylic acids is 1. The second-order valence-corrected chi connectivity index (χ2v) is 6.71. The first-order valence-electron chi connectivity index (χ1n) is 8.67. The Morgan fingerprint density at radius 1 is 1.32 bits per heavy atom. The largest absolute Gasteiger partial charge is 0.478 e. The summed E-state index contributed by atoms with van der Waals surface area (Å²) >= 11 is 0. The lowest BCUT2D eigenvalue weighted by Gasteiger charge is -2.26. The smallest absolute Gasteiger partial charge is 0.339 e. The van der Waals surface area contributed by atoms with Crippen molar-refractivity contribution < 1.29 is 14.7 Å². The van der Waals surface area contributed by atoms with Gasteiger partial charge in [0.15, 0.2) is 0 Å². The average Bonchev–Trinajstić information content (AvgIpc) is 3.22. The summed E-state index contributed by atoms with van der Waals surface area (Å²) in [6, 6.07) is 7.34. The Bertz CT molecular complexity index is 804. The Morgan fingerprint density at radius 2 is 2.04 bits per heavy atom. The summed E-state index contributed by atoms with van der Waals surface area (Å²) in [5.41, 5.74) is 1.89. The van der Waals surface area contributed by atoms with Gasteiger partial charge in [0.2, 0.25) is 5.91 Å². The predicted octanol–water partition coefficient (Wildman–Crippen LogP) is 3.79. The number of nitrogens with zero attached hydrogens (tertiary/aromatic N) is 2. The number of hydrogen-bond donors (Lipinski definition) is 2. The SMILES string of the molecule is CCC1(C(=O)Nc2cccc(-n3ncc(C(=O)O)c3C)c2)CCCC1. The summed E-state index contributed by atoms with van der Waals surface area (Å²) in [6.45, 7) is 3.79. The summed E-state index contributed by atoms with van der Waals surface area (Å²) in [7, 11) is 0. The number of nitrogens with one attached hydrogen (secondary N) is 1. The van der Waals surface area contributed by atoms with Crippen LogP contribution < -0.4 is 5.32 Å². The summed E-state index contributed by atoms with van der Waals surface area (Å²) in [6.07, 6.45) is 6.27. The Labute approximate surface area is 146 Å². The summed E-state index contributed by atoms with van der Waals surface area (Å²) < 4.78 is 1.57. The van der Waals surface area contributed by atoms with Crippen LogP contribution in [0, 0.1) is 12.3 Å². The molecule has 0 radical (unpaired) electrons. The van der Waals surface area contributed by atoms with Crippen molar-refractivity contribution in [2.45, 2.75) is 46.0 Å². The summed E-state index contributed by atoms with van der Waals surface area (Å²) in [5, 5.41) is 16.4. The maximum atomic E-state index is 12.8. The minimum absolute atomic E-state index is 0.0769. The molecular weight excluding hydrogens is 318 g/mol. The molecule has 0 spiro atoms. The zero-order chi connectivity index (χ0) is 18.0. The van der Waals surface area contributed by atoms with Gasteiger partial charge in [-0.05, 0) is 44.4 Å². The Balaban J connectivity index is 1.85. The number of carboxylic acid groups (broad SMARTS) is 1. The van der Waals surface area contributed by atoms with Gasteiger partial charge in [-0.15, -0.1) is 0 Å². The van der Waals surface area contributed by atoms with Gasteiger partial charge in [-0.2, -0.15) is 5.10 Å². The van der Waals surface area contributed by atoms with Crippen LogP contribution in [-0.4, -0.2) is 26.8 Å². The number of anilines is 1. The molecule has 1 aliphatic carbocycles. The van der Waals surface area contributed by atoms with Gasteiger partial charge >= 0.3 is 5.97 Å². The van der Waals surface area contributed by atoms with Gasteiger partial charge in [0, 0.05) is 11.1 Å². The fourth-order valence-electron chi connectivity index (χ4n) is 3.65. The molecule has 0 saturated heterocycles. The zero-order valence-electron chi connectivity index (χ0n) is 14.6. The summed E-state index contributed by atoms with van der Waals surface area (Å²) in [5.74, 6) is -0.924. The average molecular weight is 341 g/mol. The van der Waals surface area contributed by atoms with Crippen LogP contribution in [-0.2, 0) is 4.79 Å². The molecule has 1 saturated carbocycles. The standard InChI is InChI=1S/C19H23N3O3/c1-3-19(9-4-5-10-19)18(25)21-14-7-6-8-15(11-14)22-13(2)16(12-20-22)17(23)24/h6-8,11-12H,3-5,9-10H2,1-2H3,(H,21,25)(H,23,24). The van der Waals surface area contributed by atoms with Crippen molar-refractivity contribution in [2.24, 2.45) is 5.41 Å². The number of hydrogen-bond acceptors (Lipinski definition) is 3. The molecule has 3 rings (SSSR count). The molecule has 25 heavy (non-hydrogen) atoms. The van der Waals surface area contributed by atoms with Crippen LogP contribution in [0.25, 0.3) is 5.69 Å². The highest BCUT2D eigenvalue weighted by molar-refractivity contribution is 5.95. The number of benzene rings is 1. The molecule has 1 heterocycles. The molecule has 6 nitrogen and oxygen atoms in total. The van der Waals surface area contributed by atoms with Crippen LogP contribution in [0.1, 0.15) is 55.1 Å². The molecule has 0 atom stereocenters. The molecule has 1 amide bonds. The highest BCUT2D eigenvalue weighted by Crippen LogP contribution is 2.41. The maximum Gasteiger partial charge on any atom is 0.339 e. The van der Waals surface area contributed by atoms with Gasteiger partial charge in [-0.3, -0.25) is 4.79 Å². The van der Waals surface area contributed by atoms with E-state index in [0.717, 1.165) is 37.8 Å². The molecule has 0 bridgehead atoms. The van der Waals surface area contributed by atoms with E-state index in [0.29, 0.717) is 11.4 Å². The fourth-order valence-corrected chi connectivity index (χ4v) is 3.65. The topological polar surface area (TPSA) is 84.2 Å². The molecule has 2 N–H and O–H groups in total. The molecule has 2 aromatic rings. The lowest BCUT2D eigenvalue weighted by Crippen LogP contribution is -2.33. The zero-order valence-corrected chi connectivity index (χ0v) is 14.6. The molecule has 0 unspecified atom stereocenters. The second-order valence-electron chi connectivity index (χ2n) is 6.71. The van der Waals surface area contributed by atoms with Gasteiger partial charge < -0.3 is 10.4 Å². The van der Waals surface area contributed by atoms with Crippen molar-refractivity contribution >= 4 is 17.6 Å². The predicted molar refractivity (Wildman–Crippen MR) is 95.1 cm³/mol. The van der Waals surface area contributed by atoms with Gasteiger partial charge in [0.25, 0.3) is 0 Å². The number of carbonyl (C=O) groups is 2. The van der Waals surface area contributed by atoms with Crippen LogP contribution in [0.2, 0.25) is 0 Å². The van der Waals surface area contributed by atoms with Gasteiger partial charge in [0.1, 0.15) is 5.56 Å². The van der Waals surface area contributed by atoms with Gasteiger partial charge in [-0.25, -0.2) is 9.48 Å². The van der Waals surface area contributed by atoms with E-state index < -0.39 is 5.97 Å². The second kappa shape index (κ2) is 6.70. The first-order valence-corrected chi connectivity index (χ1v) is 8.67. The summed E-state index contributed by atoms with van der Waals surface area (Å²) in [4.78, 5) is 23.9. The minimum atomic E-state index is -1.00. The van der Waals surface area contributed by atoms with E-state index in [9.17, 15) is 9.59 Å². The third kappa shape index (κ3) is 3.16. The molecule has 1 fully saturated rings. The lowest BCUT2D eigenvalue weighted by atomic mass is 9.82.